The first-order chi connectivity index (χ1) is 12.2. The largest absolute Gasteiger partial charge is 0.496 e. The summed E-state index contributed by atoms with van der Waals surface area (Å²) in [5, 5.41) is 3.38. The van der Waals surface area contributed by atoms with Crippen molar-refractivity contribution in [1.29, 1.82) is 0 Å². The van der Waals surface area contributed by atoms with Gasteiger partial charge in [0.15, 0.2) is 0 Å². The van der Waals surface area contributed by atoms with Crippen LogP contribution in [-0.2, 0) is 24.2 Å². The molecule has 1 amide bonds. The van der Waals surface area contributed by atoms with E-state index in [0.29, 0.717) is 13.1 Å². The molecule has 0 unspecified atom stereocenters. The molecule has 7 nitrogen and oxygen atoms in total. The Morgan fingerprint density at radius 3 is 2.52 bits per heavy atom. The number of carbonyl (C=O) groups excluding carboxylic acids is 1. The molecule has 0 saturated carbocycles. The highest BCUT2D eigenvalue weighted by Gasteiger charge is 2.28. The topological polar surface area (TPSA) is 63.3 Å². The molecule has 7 heteroatoms. The second-order valence-corrected chi connectivity index (χ2v) is 6.40. The van der Waals surface area contributed by atoms with Crippen LogP contribution in [0.4, 0.5) is 4.79 Å². The molecule has 0 radical (unpaired) electrons. The van der Waals surface area contributed by atoms with Gasteiger partial charge in [-0.3, -0.25) is 4.90 Å². The maximum Gasteiger partial charge on any atom is 0.409 e. The molecule has 0 aromatic heterocycles. The fraction of sp³-hybridized carbons (Fsp3) is 0.611. The van der Waals surface area contributed by atoms with Gasteiger partial charge in [-0.1, -0.05) is 0 Å². The number of hydrogen-bond donors (Lipinski definition) is 1. The van der Waals surface area contributed by atoms with Crippen LogP contribution in [0.1, 0.15) is 16.7 Å². The lowest BCUT2D eigenvalue weighted by Gasteiger charge is -2.32. The van der Waals surface area contributed by atoms with Gasteiger partial charge < -0.3 is 24.4 Å². The Labute approximate surface area is 148 Å². The molecule has 0 atom stereocenters. The summed E-state index contributed by atoms with van der Waals surface area (Å²) in [6, 6.07) is 2.06. The van der Waals surface area contributed by atoms with Gasteiger partial charge in [-0.15, -0.1) is 0 Å². The molecule has 1 fully saturated rings. The molecule has 138 valence electrons. The summed E-state index contributed by atoms with van der Waals surface area (Å²) in [5.41, 5.74) is 3.30. The van der Waals surface area contributed by atoms with Crippen LogP contribution in [0.3, 0.4) is 0 Å². The lowest BCUT2D eigenvalue weighted by atomic mass is 9.94. The van der Waals surface area contributed by atoms with Crippen molar-refractivity contribution in [1.82, 2.24) is 15.1 Å². The van der Waals surface area contributed by atoms with Gasteiger partial charge in [0.25, 0.3) is 0 Å². The summed E-state index contributed by atoms with van der Waals surface area (Å²) in [7, 11) is 4.80. The van der Waals surface area contributed by atoms with E-state index >= 15 is 0 Å². The van der Waals surface area contributed by atoms with E-state index in [9.17, 15) is 4.79 Å². The highest BCUT2D eigenvalue weighted by atomic mass is 16.5. The van der Waals surface area contributed by atoms with Gasteiger partial charge in [-0.05, 0) is 12.5 Å². The van der Waals surface area contributed by atoms with E-state index in [-0.39, 0.29) is 6.09 Å². The van der Waals surface area contributed by atoms with Crippen LogP contribution in [0.5, 0.6) is 11.5 Å². The first kappa shape index (κ1) is 17.8. The van der Waals surface area contributed by atoms with E-state index in [1.165, 1.54) is 7.11 Å². The van der Waals surface area contributed by atoms with Gasteiger partial charge in [0, 0.05) is 56.0 Å². The second kappa shape index (κ2) is 7.93. The Balaban J connectivity index is 1.92. The van der Waals surface area contributed by atoms with E-state index in [0.717, 1.165) is 67.3 Å². The van der Waals surface area contributed by atoms with Gasteiger partial charge in [0.05, 0.1) is 27.9 Å². The minimum Gasteiger partial charge on any atom is -0.496 e. The van der Waals surface area contributed by atoms with Crippen molar-refractivity contribution in [2.45, 2.75) is 19.5 Å². The number of rotatable bonds is 4. The van der Waals surface area contributed by atoms with Crippen LogP contribution >= 0.6 is 0 Å². The quantitative estimate of drug-likeness (QED) is 0.882. The lowest BCUT2D eigenvalue weighted by molar-refractivity contribution is 0.118. The molecule has 3 rings (SSSR count). The summed E-state index contributed by atoms with van der Waals surface area (Å²) in [5.74, 6) is 1.74. The van der Waals surface area contributed by atoms with Gasteiger partial charge in [-0.2, -0.15) is 0 Å². The van der Waals surface area contributed by atoms with Gasteiger partial charge >= 0.3 is 6.09 Å². The molecule has 2 heterocycles. The van der Waals surface area contributed by atoms with Crippen LogP contribution in [-0.4, -0.2) is 69.9 Å². The number of fused-ring (bicyclic) bond motifs is 1. The zero-order chi connectivity index (χ0) is 17.8. The van der Waals surface area contributed by atoms with E-state index in [2.05, 4.69) is 16.3 Å². The standard InChI is InChI=1S/C18H27N3O4/c1-23-16-10-13(11-20-8-5-19-6-9-20)17(24-2)14-4-7-21(12-15(14)16)18(22)25-3/h10,19H,4-9,11-12H2,1-3H3. The average molecular weight is 349 g/mol. The molecule has 0 bridgehead atoms. The fourth-order valence-electron chi connectivity index (χ4n) is 3.69. The number of piperazine rings is 1. The molecule has 0 spiro atoms. The highest BCUT2D eigenvalue weighted by molar-refractivity contribution is 5.69. The van der Waals surface area contributed by atoms with Crippen molar-refractivity contribution in [2.75, 3.05) is 54.1 Å². The van der Waals surface area contributed by atoms with Crippen molar-refractivity contribution in [2.24, 2.45) is 0 Å². The third kappa shape index (κ3) is 3.67. The summed E-state index contributed by atoms with van der Waals surface area (Å²) in [6.45, 7) is 6.02. The van der Waals surface area contributed by atoms with Crippen LogP contribution in [0.25, 0.3) is 0 Å². The number of carbonyl (C=O) groups is 1. The number of benzene rings is 1. The Bertz CT molecular complexity index is 629. The maximum atomic E-state index is 11.9. The number of ether oxygens (including phenoxy) is 3. The smallest absolute Gasteiger partial charge is 0.409 e. The van der Waals surface area contributed by atoms with Crippen LogP contribution in [0.15, 0.2) is 6.07 Å². The molecule has 2 aliphatic rings. The molecule has 1 saturated heterocycles. The third-order valence-electron chi connectivity index (χ3n) is 4.97. The molecule has 25 heavy (non-hydrogen) atoms. The molecular weight excluding hydrogens is 322 g/mol. The zero-order valence-electron chi connectivity index (χ0n) is 15.3. The number of nitrogens with one attached hydrogen (secondary N) is 1. The summed E-state index contributed by atoms with van der Waals surface area (Å²) in [6.07, 6.45) is 0.427. The Morgan fingerprint density at radius 1 is 1.12 bits per heavy atom. The van der Waals surface area contributed by atoms with Crippen LogP contribution in [0.2, 0.25) is 0 Å². The summed E-state index contributed by atoms with van der Waals surface area (Å²) < 4.78 is 16.3. The minimum atomic E-state index is -0.309. The summed E-state index contributed by atoms with van der Waals surface area (Å²) in [4.78, 5) is 16.0. The van der Waals surface area contributed by atoms with Crippen molar-refractivity contribution in [3.8, 4) is 11.5 Å². The molecule has 1 aromatic rings. The van der Waals surface area contributed by atoms with Gasteiger partial charge in [0.1, 0.15) is 11.5 Å². The monoisotopic (exact) mass is 349 g/mol. The molecule has 1 N–H and O–H groups in total. The SMILES string of the molecule is COC(=O)N1CCc2c(c(OC)cc(CN3CCNCC3)c2OC)C1. The number of hydrogen-bond acceptors (Lipinski definition) is 6. The van der Waals surface area contributed by atoms with Crippen molar-refractivity contribution < 1.29 is 19.0 Å². The number of nitrogens with zero attached hydrogens (tertiary/aromatic N) is 2. The van der Waals surface area contributed by atoms with Gasteiger partial charge in [-0.25, -0.2) is 4.79 Å². The average Bonchev–Trinajstić information content (AvgIpc) is 2.67. The van der Waals surface area contributed by atoms with E-state index < -0.39 is 0 Å². The van der Waals surface area contributed by atoms with Crippen molar-refractivity contribution in [3.63, 3.8) is 0 Å². The first-order valence-electron chi connectivity index (χ1n) is 8.69. The maximum absolute atomic E-state index is 11.9. The highest BCUT2D eigenvalue weighted by Crippen LogP contribution is 2.38. The minimum absolute atomic E-state index is 0.309. The summed E-state index contributed by atoms with van der Waals surface area (Å²) >= 11 is 0. The van der Waals surface area contributed by atoms with Gasteiger partial charge in [0.2, 0.25) is 0 Å². The second-order valence-electron chi connectivity index (χ2n) is 6.40. The predicted molar refractivity (Wildman–Crippen MR) is 94.2 cm³/mol. The normalized spacial score (nSPS) is 17.8. The Kier molecular flexibility index (Phi) is 5.65. The molecule has 2 aliphatic heterocycles. The predicted octanol–water partition coefficient (Wildman–Crippen LogP) is 1.23. The van der Waals surface area contributed by atoms with E-state index in [4.69, 9.17) is 14.2 Å². The fourth-order valence-corrected chi connectivity index (χ4v) is 3.69. The Hall–Kier alpha value is -1.99. The van der Waals surface area contributed by atoms with Crippen LogP contribution in [0, 0.1) is 0 Å². The number of methoxy groups -OCH3 is 3. The first-order valence-corrected chi connectivity index (χ1v) is 8.69. The third-order valence-corrected chi connectivity index (χ3v) is 4.97. The van der Waals surface area contributed by atoms with Crippen LogP contribution < -0.4 is 14.8 Å². The van der Waals surface area contributed by atoms with Crippen molar-refractivity contribution in [3.05, 3.63) is 22.8 Å². The Morgan fingerprint density at radius 2 is 1.88 bits per heavy atom. The molecular formula is C18H27N3O4. The molecule has 0 aliphatic carbocycles. The number of amides is 1. The zero-order valence-corrected chi connectivity index (χ0v) is 15.3. The lowest BCUT2D eigenvalue weighted by Crippen LogP contribution is -2.43. The van der Waals surface area contributed by atoms with E-state index in [1.807, 2.05) is 0 Å². The molecule has 1 aromatic carbocycles. The van der Waals surface area contributed by atoms with Crippen molar-refractivity contribution >= 4 is 6.09 Å². The van der Waals surface area contributed by atoms with E-state index in [1.54, 1.807) is 19.1 Å².